The summed E-state index contributed by atoms with van der Waals surface area (Å²) in [7, 11) is 0. The number of nitrogens with zero attached hydrogens (tertiary/aromatic N) is 2. The largest absolute Gasteiger partial charge is 0.486 e. The highest BCUT2D eigenvalue weighted by Gasteiger charge is 2.15. The van der Waals surface area contributed by atoms with E-state index in [1.807, 2.05) is 30.3 Å². The van der Waals surface area contributed by atoms with Crippen molar-refractivity contribution >= 4 is 17.3 Å². The van der Waals surface area contributed by atoms with E-state index < -0.39 is 5.97 Å². The lowest BCUT2D eigenvalue weighted by Gasteiger charge is -2.03. The predicted octanol–water partition coefficient (Wildman–Crippen LogP) is 4.87. The standard InChI is InChI=1S/C21H15FN2O4S/c22-15-6-8-16(9-7-15)26-12-20-23-19(13-29-20)21(25)27-11-17-10-18(24-28-17)14-4-2-1-3-5-14/h1-10,13H,11-12H2. The molecule has 2 aromatic carbocycles. The molecule has 0 spiro atoms. The van der Waals surface area contributed by atoms with E-state index in [1.165, 1.54) is 35.6 Å². The summed E-state index contributed by atoms with van der Waals surface area (Å²) < 4.78 is 28.9. The second-order valence-electron chi connectivity index (χ2n) is 5.99. The highest BCUT2D eigenvalue weighted by atomic mass is 32.1. The van der Waals surface area contributed by atoms with Crippen molar-refractivity contribution in [1.29, 1.82) is 0 Å². The molecule has 0 aliphatic carbocycles. The van der Waals surface area contributed by atoms with Crippen molar-refractivity contribution in [3.05, 3.63) is 88.3 Å². The van der Waals surface area contributed by atoms with Crippen LogP contribution in [0.5, 0.6) is 5.75 Å². The lowest BCUT2D eigenvalue weighted by atomic mass is 10.1. The fraction of sp³-hybridized carbons (Fsp3) is 0.0952. The molecule has 2 aromatic heterocycles. The van der Waals surface area contributed by atoms with E-state index >= 15 is 0 Å². The van der Waals surface area contributed by atoms with Crippen molar-refractivity contribution in [1.82, 2.24) is 10.1 Å². The van der Waals surface area contributed by atoms with Gasteiger partial charge in [-0.25, -0.2) is 14.2 Å². The number of carbonyl (C=O) groups excluding carboxylic acids is 1. The first kappa shape index (κ1) is 18.8. The fourth-order valence-electron chi connectivity index (χ4n) is 2.48. The van der Waals surface area contributed by atoms with Gasteiger partial charge in [0.05, 0.1) is 0 Å². The first-order chi connectivity index (χ1) is 14.2. The van der Waals surface area contributed by atoms with Gasteiger partial charge in [0, 0.05) is 17.0 Å². The van der Waals surface area contributed by atoms with E-state index in [2.05, 4.69) is 10.1 Å². The fourth-order valence-corrected chi connectivity index (χ4v) is 3.16. The second kappa shape index (κ2) is 8.66. The molecule has 29 heavy (non-hydrogen) atoms. The van der Waals surface area contributed by atoms with E-state index in [0.717, 1.165) is 5.56 Å². The molecule has 0 unspecified atom stereocenters. The molecule has 0 aliphatic heterocycles. The Kier molecular flexibility index (Phi) is 5.62. The number of thiazole rings is 1. The van der Waals surface area contributed by atoms with Crippen LogP contribution in [0.2, 0.25) is 0 Å². The van der Waals surface area contributed by atoms with Gasteiger partial charge >= 0.3 is 5.97 Å². The van der Waals surface area contributed by atoms with Crippen LogP contribution in [-0.4, -0.2) is 16.1 Å². The van der Waals surface area contributed by atoms with Gasteiger partial charge in [-0.05, 0) is 24.3 Å². The van der Waals surface area contributed by atoms with Crippen LogP contribution in [-0.2, 0) is 18.0 Å². The molecule has 0 N–H and O–H groups in total. The topological polar surface area (TPSA) is 74.5 Å². The Morgan fingerprint density at radius 3 is 2.66 bits per heavy atom. The van der Waals surface area contributed by atoms with Crippen LogP contribution >= 0.6 is 11.3 Å². The van der Waals surface area contributed by atoms with Crippen molar-refractivity contribution in [3.8, 4) is 17.0 Å². The summed E-state index contributed by atoms with van der Waals surface area (Å²) in [4.78, 5) is 16.4. The molecule has 0 bridgehead atoms. The molecule has 0 fully saturated rings. The number of halogens is 1. The Labute approximate surface area is 169 Å². The van der Waals surface area contributed by atoms with Gasteiger partial charge in [-0.15, -0.1) is 11.3 Å². The van der Waals surface area contributed by atoms with Gasteiger partial charge < -0.3 is 14.0 Å². The van der Waals surface area contributed by atoms with Crippen LogP contribution < -0.4 is 4.74 Å². The summed E-state index contributed by atoms with van der Waals surface area (Å²) in [6.07, 6.45) is 0. The molecule has 0 saturated carbocycles. The van der Waals surface area contributed by atoms with Gasteiger partial charge in [0.2, 0.25) is 0 Å². The zero-order valence-corrected chi connectivity index (χ0v) is 15.9. The predicted molar refractivity (Wildman–Crippen MR) is 104 cm³/mol. The third-order valence-corrected chi connectivity index (χ3v) is 4.73. The van der Waals surface area contributed by atoms with E-state index in [1.54, 1.807) is 11.4 Å². The van der Waals surface area contributed by atoms with Crippen LogP contribution in [0, 0.1) is 5.82 Å². The molecular weight excluding hydrogens is 395 g/mol. The average Bonchev–Trinajstić information content (AvgIpc) is 3.42. The number of carbonyl (C=O) groups is 1. The van der Waals surface area contributed by atoms with Crippen LogP contribution in [0.1, 0.15) is 21.3 Å². The third-order valence-electron chi connectivity index (χ3n) is 3.91. The number of aromatic nitrogens is 2. The molecule has 0 atom stereocenters. The summed E-state index contributed by atoms with van der Waals surface area (Å²) in [6, 6.07) is 17.0. The normalized spacial score (nSPS) is 10.7. The van der Waals surface area contributed by atoms with Gasteiger partial charge in [-0.1, -0.05) is 35.5 Å². The Morgan fingerprint density at radius 2 is 1.86 bits per heavy atom. The quantitative estimate of drug-likeness (QED) is 0.405. The summed E-state index contributed by atoms with van der Waals surface area (Å²) >= 11 is 1.28. The Balaban J connectivity index is 1.30. The maximum Gasteiger partial charge on any atom is 0.358 e. The van der Waals surface area contributed by atoms with Crippen molar-refractivity contribution in [2.45, 2.75) is 13.2 Å². The van der Waals surface area contributed by atoms with Crippen LogP contribution in [0.15, 0.2) is 70.6 Å². The zero-order chi connectivity index (χ0) is 20.1. The molecule has 4 rings (SSSR count). The van der Waals surface area contributed by atoms with Crippen LogP contribution in [0.3, 0.4) is 0 Å². The molecule has 4 aromatic rings. The highest BCUT2D eigenvalue weighted by Crippen LogP contribution is 2.20. The summed E-state index contributed by atoms with van der Waals surface area (Å²) in [5, 5.41) is 6.18. The van der Waals surface area contributed by atoms with E-state index in [4.69, 9.17) is 14.0 Å². The number of hydrogen-bond donors (Lipinski definition) is 0. The van der Waals surface area contributed by atoms with Crippen molar-refractivity contribution in [2.24, 2.45) is 0 Å². The summed E-state index contributed by atoms with van der Waals surface area (Å²) in [5.41, 5.74) is 1.78. The summed E-state index contributed by atoms with van der Waals surface area (Å²) in [6.45, 7) is 0.129. The Bertz CT molecular complexity index is 1090. The maximum atomic E-state index is 12.9. The second-order valence-corrected chi connectivity index (χ2v) is 6.93. The molecular formula is C21H15FN2O4S. The van der Waals surface area contributed by atoms with E-state index in [-0.39, 0.29) is 24.7 Å². The van der Waals surface area contributed by atoms with Gasteiger partial charge in [-0.2, -0.15) is 0 Å². The van der Waals surface area contributed by atoms with Crippen molar-refractivity contribution < 1.29 is 23.2 Å². The van der Waals surface area contributed by atoms with Gasteiger partial charge in [0.15, 0.2) is 18.1 Å². The minimum atomic E-state index is -0.563. The SMILES string of the molecule is O=C(OCc1cc(-c2ccccc2)no1)c1csc(COc2ccc(F)cc2)n1. The maximum absolute atomic E-state index is 12.9. The van der Waals surface area contributed by atoms with Crippen molar-refractivity contribution in [3.63, 3.8) is 0 Å². The molecule has 6 nitrogen and oxygen atoms in total. The Hall–Kier alpha value is -3.52. The molecule has 8 heteroatoms. The molecule has 146 valence electrons. The van der Waals surface area contributed by atoms with Crippen molar-refractivity contribution in [2.75, 3.05) is 0 Å². The molecule has 0 radical (unpaired) electrons. The number of rotatable bonds is 7. The van der Waals surface area contributed by atoms with Gasteiger partial charge in [0.1, 0.15) is 28.9 Å². The monoisotopic (exact) mass is 410 g/mol. The molecule has 0 aliphatic rings. The Morgan fingerprint density at radius 1 is 1.07 bits per heavy atom. The third kappa shape index (κ3) is 4.85. The highest BCUT2D eigenvalue weighted by molar-refractivity contribution is 7.09. The first-order valence-electron chi connectivity index (χ1n) is 8.68. The lowest BCUT2D eigenvalue weighted by Crippen LogP contribution is -2.06. The van der Waals surface area contributed by atoms with Gasteiger partial charge in [0.25, 0.3) is 0 Å². The average molecular weight is 410 g/mol. The van der Waals surface area contributed by atoms with Crippen LogP contribution in [0.25, 0.3) is 11.3 Å². The first-order valence-corrected chi connectivity index (χ1v) is 9.56. The van der Waals surface area contributed by atoms with E-state index in [0.29, 0.717) is 22.2 Å². The number of benzene rings is 2. The number of esters is 1. The van der Waals surface area contributed by atoms with Crippen LogP contribution in [0.4, 0.5) is 4.39 Å². The number of ether oxygens (including phenoxy) is 2. The summed E-state index contributed by atoms with van der Waals surface area (Å²) in [5.74, 6) is 0.0591. The minimum absolute atomic E-state index is 0.0440. The van der Waals surface area contributed by atoms with E-state index in [9.17, 15) is 9.18 Å². The smallest absolute Gasteiger partial charge is 0.358 e. The lowest BCUT2D eigenvalue weighted by molar-refractivity contribution is 0.0431. The molecule has 0 saturated heterocycles. The number of hydrogen-bond acceptors (Lipinski definition) is 7. The molecule has 0 amide bonds. The molecule has 2 heterocycles. The van der Waals surface area contributed by atoms with Gasteiger partial charge in [-0.3, -0.25) is 0 Å². The zero-order valence-electron chi connectivity index (χ0n) is 15.1. The minimum Gasteiger partial charge on any atom is -0.486 e.